The SMILES string of the molecule is C[C@@H]1CN(C(=O)C2(Cc3ccc(OC(F)(F)F)cc3)CC2)CC(C(=O)O)O1. The highest BCUT2D eigenvalue weighted by molar-refractivity contribution is 5.86. The number of carboxylic acid groups (broad SMARTS) is 1. The normalized spacial score (nSPS) is 24.4. The van der Waals surface area contributed by atoms with Gasteiger partial charge < -0.3 is 19.5 Å². The lowest BCUT2D eigenvalue weighted by Crippen LogP contribution is -2.53. The van der Waals surface area contributed by atoms with Crippen LogP contribution in [0.5, 0.6) is 5.75 Å². The van der Waals surface area contributed by atoms with Crippen molar-refractivity contribution in [2.45, 2.75) is 44.8 Å². The number of aliphatic carboxylic acids is 1. The first-order valence-corrected chi connectivity index (χ1v) is 8.60. The Bertz CT molecular complexity index is 715. The Morgan fingerprint density at radius 2 is 1.89 bits per heavy atom. The summed E-state index contributed by atoms with van der Waals surface area (Å²) in [5, 5.41) is 9.16. The average Bonchev–Trinajstić information content (AvgIpc) is 3.35. The Morgan fingerprint density at radius 1 is 1.26 bits per heavy atom. The number of halogens is 3. The van der Waals surface area contributed by atoms with Gasteiger partial charge in [0.1, 0.15) is 5.75 Å². The number of carboxylic acids is 1. The zero-order chi connectivity index (χ0) is 19.8. The molecule has 2 atom stereocenters. The minimum Gasteiger partial charge on any atom is -0.479 e. The number of benzene rings is 1. The lowest BCUT2D eigenvalue weighted by atomic mass is 9.94. The largest absolute Gasteiger partial charge is 0.573 e. The van der Waals surface area contributed by atoms with E-state index in [0.717, 1.165) is 5.56 Å². The number of alkyl halides is 3. The Kier molecular flexibility index (Phi) is 5.07. The highest BCUT2D eigenvalue weighted by Crippen LogP contribution is 2.50. The molecule has 6 nitrogen and oxygen atoms in total. The van der Waals surface area contributed by atoms with Gasteiger partial charge in [-0.2, -0.15) is 0 Å². The smallest absolute Gasteiger partial charge is 0.479 e. The molecule has 9 heteroatoms. The summed E-state index contributed by atoms with van der Waals surface area (Å²) in [5.74, 6) is -1.54. The van der Waals surface area contributed by atoms with Crippen LogP contribution < -0.4 is 4.74 Å². The van der Waals surface area contributed by atoms with Crippen molar-refractivity contribution in [2.75, 3.05) is 13.1 Å². The van der Waals surface area contributed by atoms with Gasteiger partial charge in [-0.3, -0.25) is 4.79 Å². The molecule has 1 aliphatic carbocycles. The highest BCUT2D eigenvalue weighted by Gasteiger charge is 2.52. The van der Waals surface area contributed by atoms with E-state index in [-0.39, 0.29) is 24.3 Å². The van der Waals surface area contributed by atoms with E-state index in [2.05, 4.69) is 4.74 Å². The topological polar surface area (TPSA) is 76.1 Å². The van der Waals surface area contributed by atoms with Crippen molar-refractivity contribution >= 4 is 11.9 Å². The summed E-state index contributed by atoms with van der Waals surface area (Å²) < 4.78 is 45.9. The van der Waals surface area contributed by atoms with Gasteiger partial charge in [0, 0.05) is 6.54 Å². The second kappa shape index (κ2) is 7.03. The van der Waals surface area contributed by atoms with Gasteiger partial charge in [-0.05, 0) is 43.9 Å². The van der Waals surface area contributed by atoms with E-state index in [0.29, 0.717) is 25.8 Å². The molecule has 1 unspecified atom stereocenters. The van der Waals surface area contributed by atoms with Crippen LogP contribution in [0.3, 0.4) is 0 Å². The molecule has 2 fully saturated rings. The predicted molar refractivity (Wildman–Crippen MR) is 87.0 cm³/mol. The molecule has 1 heterocycles. The molecule has 3 rings (SSSR count). The molecule has 1 aromatic carbocycles. The first kappa shape index (κ1) is 19.5. The molecule has 0 aromatic heterocycles. The molecule has 1 N–H and O–H groups in total. The fraction of sp³-hybridized carbons (Fsp3) is 0.556. The van der Waals surface area contributed by atoms with Crippen molar-refractivity contribution in [3.05, 3.63) is 29.8 Å². The van der Waals surface area contributed by atoms with E-state index in [9.17, 15) is 22.8 Å². The average molecular weight is 387 g/mol. The van der Waals surface area contributed by atoms with Crippen molar-refractivity contribution in [1.82, 2.24) is 4.90 Å². The van der Waals surface area contributed by atoms with Crippen molar-refractivity contribution in [1.29, 1.82) is 0 Å². The van der Waals surface area contributed by atoms with Gasteiger partial charge in [-0.25, -0.2) is 4.79 Å². The molecule has 0 radical (unpaired) electrons. The number of hydrogen-bond acceptors (Lipinski definition) is 4. The van der Waals surface area contributed by atoms with Crippen LogP contribution >= 0.6 is 0 Å². The summed E-state index contributed by atoms with van der Waals surface area (Å²) in [5.41, 5.74) is 0.110. The van der Waals surface area contributed by atoms with Crippen LogP contribution in [0.15, 0.2) is 24.3 Å². The summed E-state index contributed by atoms with van der Waals surface area (Å²) in [6.07, 6.45) is -4.46. The maximum atomic E-state index is 13.0. The standard InChI is InChI=1S/C18H20F3NO5/c1-11-9-22(10-14(26-11)15(23)24)16(25)17(6-7-17)8-12-2-4-13(5-3-12)27-18(19,20)21/h2-5,11,14H,6-10H2,1H3,(H,23,24)/t11-,14?/m1/s1. The molecule has 27 heavy (non-hydrogen) atoms. The second-order valence-corrected chi connectivity index (χ2v) is 7.13. The van der Waals surface area contributed by atoms with Crippen LogP contribution in [0, 0.1) is 5.41 Å². The first-order valence-electron chi connectivity index (χ1n) is 8.60. The van der Waals surface area contributed by atoms with E-state index in [1.807, 2.05) is 0 Å². The molecule has 2 aliphatic rings. The number of amides is 1. The maximum absolute atomic E-state index is 13.0. The molecule has 0 bridgehead atoms. The van der Waals surface area contributed by atoms with Crippen LogP contribution in [0.25, 0.3) is 0 Å². The van der Waals surface area contributed by atoms with E-state index in [1.165, 1.54) is 29.2 Å². The summed E-state index contributed by atoms with van der Waals surface area (Å²) in [6, 6.07) is 5.47. The summed E-state index contributed by atoms with van der Waals surface area (Å²) in [7, 11) is 0. The summed E-state index contributed by atoms with van der Waals surface area (Å²) in [4.78, 5) is 25.7. The number of morpholine rings is 1. The first-order chi connectivity index (χ1) is 12.6. The van der Waals surface area contributed by atoms with Gasteiger partial charge >= 0.3 is 12.3 Å². The van der Waals surface area contributed by atoms with Gasteiger partial charge in [0.15, 0.2) is 6.10 Å². The monoisotopic (exact) mass is 387 g/mol. The maximum Gasteiger partial charge on any atom is 0.573 e. The van der Waals surface area contributed by atoms with Gasteiger partial charge in [-0.1, -0.05) is 12.1 Å². The molecule has 1 saturated carbocycles. The van der Waals surface area contributed by atoms with Crippen LogP contribution in [-0.4, -0.2) is 53.5 Å². The molecule has 1 aromatic rings. The van der Waals surface area contributed by atoms with Gasteiger partial charge in [-0.15, -0.1) is 13.2 Å². The minimum atomic E-state index is -4.75. The molecule has 1 saturated heterocycles. The molecule has 1 amide bonds. The molecule has 148 valence electrons. The summed E-state index contributed by atoms with van der Waals surface area (Å²) >= 11 is 0. The quantitative estimate of drug-likeness (QED) is 0.841. The Labute approximate surface area is 153 Å². The van der Waals surface area contributed by atoms with E-state index in [4.69, 9.17) is 9.84 Å². The number of nitrogens with zero attached hydrogens (tertiary/aromatic N) is 1. The minimum absolute atomic E-state index is 0.00137. The van der Waals surface area contributed by atoms with Crippen molar-refractivity contribution < 1.29 is 37.3 Å². The molecular weight excluding hydrogens is 367 g/mol. The highest BCUT2D eigenvalue weighted by atomic mass is 19.4. The van der Waals surface area contributed by atoms with Crippen LogP contribution in [-0.2, 0) is 20.7 Å². The fourth-order valence-electron chi connectivity index (χ4n) is 3.41. The van der Waals surface area contributed by atoms with Crippen molar-refractivity contribution in [3.8, 4) is 5.75 Å². The van der Waals surface area contributed by atoms with Gasteiger partial charge in [0.25, 0.3) is 0 Å². The third-order valence-corrected chi connectivity index (χ3v) is 4.83. The number of ether oxygens (including phenoxy) is 2. The number of hydrogen-bond donors (Lipinski definition) is 1. The van der Waals surface area contributed by atoms with Gasteiger partial charge in [0.05, 0.1) is 18.1 Å². The zero-order valence-corrected chi connectivity index (χ0v) is 14.7. The van der Waals surface area contributed by atoms with E-state index < -0.39 is 23.9 Å². The Morgan fingerprint density at radius 3 is 2.41 bits per heavy atom. The predicted octanol–water partition coefficient (Wildman–Crippen LogP) is 2.61. The molecule has 0 spiro atoms. The van der Waals surface area contributed by atoms with E-state index >= 15 is 0 Å². The number of rotatable bonds is 5. The van der Waals surface area contributed by atoms with E-state index in [1.54, 1.807) is 6.92 Å². The van der Waals surface area contributed by atoms with Crippen molar-refractivity contribution in [3.63, 3.8) is 0 Å². The van der Waals surface area contributed by atoms with Crippen LogP contribution in [0.4, 0.5) is 13.2 Å². The Balaban J connectivity index is 1.66. The summed E-state index contributed by atoms with van der Waals surface area (Å²) in [6.45, 7) is 2.04. The van der Waals surface area contributed by atoms with Crippen LogP contribution in [0.2, 0.25) is 0 Å². The van der Waals surface area contributed by atoms with Crippen LogP contribution in [0.1, 0.15) is 25.3 Å². The molecule has 1 aliphatic heterocycles. The third-order valence-electron chi connectivity index (χ3n) is 4.83. The fourth-order valence-corrected chi connectivity index (χ4v) is 3.41. The number of carbonyl (C=O) groups excluding carboxylic acids is 1. The number of carbonyl (C=O) groups is 2. The Hall–Kier alpha value is -2.29. The molecular formula is C18H20F3NO5. The third kappa shape index (κ3) is 4.71. The lowest BCUT2D eigenvalue weighted by Gasteiger charge is -2.37. The zero-order valence-electron chi connectivity index (χ0n) is 14.7. The van der Waals surface area contributed by atoms with Crippen molar-refractivity contribution in [2.24, 2.45) is 5.41 Å². The lowest BCUT2D eigenvalue weighted by molar-refractivity contribution is -0.274. The van der Waals surface area contributed by atoms with Gasteiger partial charge in [0.2, 0.25) is 5.91 Å². The second-order valence-electron chi connectivity index (χ2n) is 7.13.